The lowest BCUT2D eigenvalue weighted by molar-refractivity contribution is -0.645. The van der Waals surface area contributed by atoms with E-state index in [1.807, 2.05) is 50.5 Å². The Kier molecular flexibility index (Phi) is 3.53. The van der Waals surface area contributed by atoms with Crippen LogP contribution in [0, 0.1) is 11.3 Å². The lowest BCUT2D eigenvalue weighted by Crippen LogP contribution is -2.25. The van der Waals surface area contributed by atoms with E-state index < -0.39 is 0 Å². The highest BCUT2D eigenvalue weighted by Gasteiger charge is 2.20. The summed E-state index contributed by atoms with van der Waals surface area (Å²) in [6.07, 6.45) is 4.11. The van der Waals surface area contributed by atoms with E-state index in [9.17, 15) is 5.26 Å². The largest absolute Gasteiger partial charge is 0.249 e. The van der Waals surface area contributed by atoms with Crippen molar-refractivity contribution < 1.29 is 9.13 Å². The normalized spacial score (nSPS) is 11.2. The number of aromatic nitrogens is 4. The molecular weight excluding hydrogens is 346 g/mol. The molecule has 5 aromatic rings. The molecule has 2 aromatic heterocycles. The van der Waals surface area contributed by atoms with Crippen LogP contribution in [0.2, 0.25) is 0 Å². The summed E-state index contributed by atoms with van der Waals surface area (Å²) in [6, 6.07) is 24.8. The van der Waals surface area contributed by atoms with Gasteiger partial charge in [0.1, 0.15) is 11.4 Å². The molecule has 0 atom stereocenters. The zero-order chi connectivity index (χ0) is 19.3. The van der Waals surface area contributed by atoms with Crippen LogP contribution in [-0.2, 0) is 14.1 Å². The van der Waals surface area contributed by atoms with E-state index in [4.69, 9.17) is 0 Å². The van der Waals surface area contributed by atoms with E-state index in [1.54, 1.807) is 0 Å². The number of nitriles is 1. The standard InChI is InChI=1S/C23H19N5/c1-25-15-27(22-9-5-3-7-20(22)25)18-11-17(14-24)12-19(13-18)28-16-26(2)21-8-4-6-10-23(21)28/h3-13,15-16H,1-2H3/q+2. The third-order valence-corrected chi connectivity index (χ3v) is 5.21. The molecule has 0 aliphatic heterocycles. The van der Waals surface area contributed by atoms with Crippen molar-refractivity contribution in [3.05, 3.63) is 84.9 Å². The minimum absolute atomic E-state index is 0.633. The predicted molar refractivity (Wildman–Crippen MR) is 107 cm³/mol. The number of aryl methyl sites for hydroxylation is 2. The Morgan fingerprint density at radius 1 is 0.714 bits per heavy atom. The SMILES string of the molecule is C[n+]1cn(-c2cc(C#N)cc(-n3c[n+](C)c4ccccc43)c2)c2ccccc21. The highest BCUT2D eigenvalue weighted by atomic mass is 15.1. The van der Waals surface area contributed by atoms with Crippen molar-refractivity contribution in [3.63, 3.8) is 0 Å². The predicted octanol–water partition coefficient (Wildman–Crippen LogP) is 3.10. The molecule has 0 fully saturated rings. The molecule has 5 heteroatoms. The van der Waals surface area contributed by atoms with Gasteiger partial charge in [-0.25, -0.2) is 9.13 Å². The average Bonchev–Trinajstić information content (AvgIpc) is 3.26. The smallest absolute Gasteiger partial charge is 0.232 e. The zero-order valence-corrected chi connectivity index (χ0v) is 15.7. The van der Waals surface area contributed by atoms with Crippen LogP contribution >= 0.6 is 0 Å². The molecule has 0 spiro atoms. The molecule has 134 valence electrons. The van der Waals surface area contributed by atoms with Gasteiger partial charge in [0.15, 0.2) is 22.1 Å². The van der Waals surface area contributed by atoms with Gasteiger partial charge in [0.2, 0.25) is 12.7 Å². The van der Waals surface area contributed by atoms with Crippen LogP contribution in [0.15, 0.2) is 79.4 Å². The van der Waals surface area contributed by atoms with Gasteiger partial charge in [0, 0.05) is 18.2 Å². The summed E-state index contributed by atoms with van der Waals surface area (Å²) in [4.78, 5) is 0. The molecule has 0 bridgehead atoms. The third kappa shape index (κ3) is 2.39. The number of benzene rings is 3. The van der Waals surface area contributed by atoms with Crippen molar-refractivity contribution in [1.29, 1.82) is 5.26 Å². The monoisotopic (exact) mass is 365 g/mol. The highest BCUT2D eigenvalue weighted by Crippen LogP contribution is 2.23. The molecule has 0 saturated heterocycles. The summed E-state index contributed by atoms with van der Waals surface area (Å²) < 4.78 is 8.45. The minimum atomic E-state index is 0.633. The van der Waals surface area contributed by atoms with Crippen LogP contribution in [0.3, 0.4) is 0 Å². The first-order chi connectivity index (χ1) is 13.7. The van der Waals surface area contributed by atoms with Crippen LogP contribution in [-0.4, -0.2) is 9.13 Å². The van der Waals surface area contributed by atoms with Gasteiger partial charge in [-0.1, -0.05) is 24.3 Å². The minimum Gasteiger partial charge on any atom is -0.232 e. The molecule has 0 saturated carbocycles. The number of nitrogens with zero attached hydrogens (tertiary/aromatic N) is 5. The second-order valence-electron chi connectivity index (χ2n) is 7.02. The molecule has 28 heavy (non-hydrogen) atoms. The Hall–Kier alpha value is -3.91. The molecule has 0 aliphatic rings. The summed E-state index contributed by atoms with van der Waals surface area (Å²) in [5.41, 5.74) is 7.06. The van der Waals surface area contributed by atoms with Gasteiger partial charge in [0.25, 0.3) is 0 Å². The molecule has 5 rings (SSSR count). The first-order valence-corrected chi connectivity index (χ1v) is 9.13. The number of rotatable bonds is 2. The van der Waals surface area contributed by atoms with Crippen LogP contribution in [0.5, 0.6) is 0 Å². The maximum absolute atomic E-state index is 9.64. The maximum atomic E-state index is 9.64. The summed E-state index contributed by atoms with van der Waals surface area (Å²) in [6.45, 7) is 0. The van der Waals surface area contributed by atoms with Crippen molar-refractivity contribution in [2.75, 3.05) is 0 Å². The number of fused-ring (bicyclic) bond motifs is 2. The van der Waals surface area contributed by atoms with Gasteiger partial charge in [-0.15, -0.1) is 0 Å². The van der Waals surface area contributed by atoms with Gasteiger partial charge >= 0.3 is 0 Å². The second kappa shape index (κ2) is 6.07. The third-order valence-electron chi connectivity index (χ3n) is 5.21. The Morgan fingerprint density at radius 3 is 1.64 bits per heavy atom. The molecule has 0 N–H and O–H groups in total. The fourth-order valence-electron chi connectivity index (χ4n) is 3.88. The van der Waals surface area contributed by atoms with Gasteiger partial charge in [-0.05, 0) is 24.3 Å². The number of hydrogen-bond acceptors (Lipinski definition) is 1. The number of para-hydroxylation sites is 4. The van der Waals surface area contributed by atoms with Crippen molar-refractivity contribution >= 4 is 22.1 Å². The van der Waals surface area contributed by atoms with Gasteiger partial charge < -0.3 is 0 Å². The van der Waals surface area contributed by atoms with E-state index in [1.165, 1.54) is 0 Å². The highest BCUT2D eigenvalue weighted by molar-refractivity contribution is 5.76. The average molecular weight is 365 g/mol. The summed E-state index contributed by atoms with van der Waals surface area (Å²) >= 11 is 0. The maximum Gasteiger partial charge on any atom is 0.249 e. The molecule has 0 amide bonds. The molecule has 0 aliphatic carbocycles. The quantitative estimate of drug-likeness (QED) is 0.443. The van der Waals surface area contributed by atoms with E-state index in [0.29, 0.717) is 5.56 Å². The number of hydrogen-bond donors (Lipinski definition) is 0. The van der Waals surface area contributed by atoms with Crippen LogP contribution < -0.4 is 9.13 Å². The second-order valence-corrected chi connectivity index (χ2v) is 7.02. The van der Waals surface area contributed by atoms with Crippen molar-refractivity contribution in [3.8, 4) is 17.4 Å². The van der Waals surface area contributed by atoms with Crippen molar-refractivity contribution in [1.82, 2.24) is 9.13 Å². The first-order valence-electron chi connectivity index (χ1n) is 9.13. The van der Waals surface area contributed by atoms with Crippen molar-refractivity contribution in [2.24, 2.45) is 14.1 Å². The Balaban J connectivity index is 1.79. The molecule has 0 radical (unpaired) electrons. The summed E-state index contributed by atoms with van der Waals surface area (Å²) in [5.74, 6) is 0. The van der Waals surface area contributed by atoms with E-state index in [0.717, 1.165) is 33.4 Å². The molecule has 3 aromatic carbocycles. The van der Waals surface area contributed by atoms with Gasteiger partial charge in [-0.3, -0.25) is 0 Å². The van der Waals surface area contributed by atoms with E-state index in [2.05, 4.69) is 67.3 Å². The topological polar surface area (TPSA) is 41.4 Å². The van der Waals surface area contributed by atoms with Crippen LogP contribution in [0.1, 0.15) is 5.56 Å². The Bertz CT molecular complexity index is 1300. The molecule has 2 heterocycles. The van der Waals surface area contributed by atoms with Gasteiger partial charge in [0.05, 0.1) is 25.7 Å². The van der Waals surface area contributed by atoms with E-state index in [-0.39, 0.29) is 0 Å². The van der Waals surface area contributed by atoms with Crippen LogP contribution in [0.25, 0.3) is 33.4 Å². The van der Waals surface area contributed by atoms with Gasteiger partial charge in [-0.2, -0.15) is 14.4 Å². The fraction of sp³-hybridized carbons (Fsp3) is 0.0870. The fourth-order valence-corrected chi connectivity index (χ4v) is 3.88. The van der Waals surface area contributed by atoms with Crippen LogP contribution in [0.4, 0.5) is 0 Å². The molecular formula is C23H19N5+2. The summed E-state index contributed by atoms with van der Waals surface area (Å²) in [7, 11) is 4.07. The first kappa shape index (κ1) is 16.3. The van der Waals surface area contributed by atoms with Crippen molar-refractivity contribution in [2.45, 2.75) is 0 Å². The Morgan fingerprint density at radius 2 is 1.18 bits per heavy atom. The zero-order valence-electron chi connectivity index (χ0n) is 15.7. The number of imidazole rings is 2. The Labute approximate surface area is 162 Å². The molecule has 0 unspecified atom stereocenters. The lowest BCUT2D eigenvalue weighted by atomic mass is 10.1. The lowest BCUT2D eigenvalue weighted by Gasteiger charge is -2.03. The summed E-state index contributed by atoms with van der Waals surface area (Å²) in [5, 5.41) is 9.64. The van der Waals surface area contributed by atoms with E-state index >= 15 is 0 Å². The molecule has 5 nitrogen and oxygen atoms in total.